The zero-order chi connectivity index (χ0) is 31.0. The summed E-state index contributed by atoms with van der Waals surface area (Å²) in [5, 5.41) is 82.3. The Hall–Kier alpha value is -0.760. The van der Waals surface area contributed by atoms with E-state index in [-0.39, 0.29) is 13.0 Å². The van der Waals surface area contributed by atoms with E-state index in [1.54, 1.807) is 0 Å². The van der Waals surface area contributed by atoms with Gasteiger partial charge in [0.1, 0.15) is 67.1 Å². The second-order valence-electron chi connectivity index (χ2n) is 11.2. The maximum Gasteiger partial charge on any atom is 0.187 e. The molecule has 0 radical (unpaired) electrons. The first-order valence-corrected chi connectivity index (χ1v) is 13.8. The molecule has 0 aromatic carbocycles. The van der Waals surface area contributed by atoms with Crippen LogP contribution in [0.25, 0.3) is 0 Å². The number of nitrogens with two attached hydrogens (primary N) is 5. The highest BCUT2D eigenvalue weighted by Gasteiger charge is 2.54. The van der Waals surface area contributed by atoms with Gasteiger partial charge in [-0.25, -0.2) is 0 Å². The number of hydrogen-bond acceptors (Lipinski definition) is 19. The highest BCUT2D eigenvalue weighted by molar-refractivity contribution is 5.02. The van der Waals surface area contributed by atoms with E-state index >= 15 is 0 Å². The molecule has 3 saturated heterocycles. The maximum absolute atomic E-state index is 11.1. The summed E-state index contributed by atoms with van der Waals surface area (Å²) >= 11 is 0. The number of aliphatic hydroxyl groups excluding tert-OH is 8. The van der Waals surface area contributed by atoms with Gasteiger partial charge in [-0.05, 0) is 6.42 Å². The molecule has 0 amide bonds. The molecule has 3 heterocycles. The van der Waals surface area contributed by atoms with Crippen molar-refractivity contribution in [3.8, 4) is 0 Å². The molecule has 1 saturated carbocycles. The van der Waals surface area contributed by atoms with Crippen LogP contribution in [0.1, 0.15) is 6.42 Å². The number of rotatable bonds is 9. The lowest BCUT2D eigenvalue weighted by Crippen LogP contribution is -2.68. The van der Waals surface area contributed by atoms with E-state index in [2.05, 4.69) is 0 Å². The molecule has 4 fully saturated rings. The zero-order valence-electron chi connectivity index (χ0n) is 22.7. The fraction of sp³-hybridized carbons (Fsp3) is 1.00. The predicted octanol–water partition coefficient (Wildman–Crippen LogP) is -8.86. The molecular formula is C23H45N5O14. The van der Waals surface area contributed by atoms with E-state index in [4.69, 9.17) is 57.1 Å². The second-order valence-corrected chi connectivity index (χ2v) is 11.2. The second kappa shape index (κ2) is 14.1. The van der Waals surface area contributed by atoms with Crippen molar-refractivity contribution in [1.29, 1.82) is 0 Å². The van der Waals surface area contributed by atoms with Crippen LogP contribution in [0.4, 0.5) is 0 Å². The summed E-state index contributed by atoms with van der Waals surface area (Å²) in [4.78, 5) is 0. The van der Waals surface area contributed by atoms with Crippen molar-refractivity contribution in [1.82, 2.24) is 0 Å². The van der Waals surface area contributed by atoms with E-state index in [0.29, 0.717) is 0 Å². The van der Waals surface area contributed by atoms with Crippen LogP contribution in [0.2, 0.25) is 0 Å². The van der Waals surface area contributed by atoms with Crippen LogP contribution in [0.5, 0.6) is 0 Å². The molecule has 19 nitrogen and oxygen atoms in total. The SMILES string of the molecule is NC[C@@H]1O[C@@H](O[C@H]2[C@@H](O)[C@H](O[C@@H]3[C@H](O)[C@H](N)C[C@H](N)[C@H]3O[C@@H]3O[C@@H](CO)[C@H](O)[C@H](O)[C@@H]3N)O[C@H]2CO)[C@H](N)[C@H](O)[C@@H]1O. The van der Waals surface area contributed by atoms with Gasteiger partial charge in [-0.15, -0.1) is 0 Å². The van der Waals surface area contributed by atoms with Crippen LogP contribution >= 0.6 is 0 Å². The Bertz CT molecular complexity index is 866. The Labute approximate surface area is 240 Å². The van der Waals surface area contributed by atoms with Gasteiger partial charge >= 0.3 is 0 Å². The fourth-order valence-corrected chi connectivity index (χ4v) is 5.70. The monoisotopic (exact) mass is 615 g/mol. The normalized spacial score (nSPS) is 53.8. The predicted molar refractivity (Wildman–Crippen MR) is 136 cm³/mol. The van der Waals surface area contributed by atoms with Gasteiger partial charge in [0, 0.05) is 18.6 Å². The van der Waals surface area contributed by atoms with E-state index in [9.17, 15) is 40.9 Å². The molecular weight excluding hydrogens is 570 g/mol. The van der Waals surface area contributed by atoms with Crippen molar-refractivity contribution in [3.05, 3.63) is 0 Å². The molecule has 246 valence electrons. The lowest BCUT2D eigenvalue weighted by Gasteiger charge is -2.47. The summed E-state index contributed by atoms with van der Waals surface area (Å²) < 4.78 is 34.4. The first kappa shape index (κ1) is 34.1. The highest BCUT2D eigenvalue weighted by atomic mass is 16.8. The summed E-state index contributed by atoms with van der Waals surface area (Å²) in [6.45, 7) is -1.49. The Kier molecular flexibility index (Phi) is 11.5. The molecule has 19 heteroatoms. The maximum atomic E-state index is 11.1. The standard InChI is InChI=1S/C23H45N5O14/c24-2-7-13(32)15(34)10(27)21(37-7)41-19-9(4-30)39-23(17(19)36)42-20-12(31)5(25)1-6(26)18(20)40-22-11(28)16(35)14(33)8(3-29)38-22/h5-23,29-36H,1-4,24-28H2/t5-,6+,7+,8+,9+,10-,11+,12-,13-,14+,15+,16-,17-,18-,19-,20-,21+,22+,23+/m1/s1. The zero-order valence-corrected chi connectivity index (χ0v) is 22.7. The van der Waals surface area contributed by atoms with E-state index < -0.39 is 129 Å². The third-order valence-electron chi connectivity index (χ3n) is 8.32. The summed E-state index contributed by atoms with van der Waals surface area (Å²) in [6, 6.07) is -4.30. The van der Waals surface area contributed by atoms with Gasteiger partial charge in [0.05, 0.1) is 31.4 Å². The third kappa shape index (κ3) is 6.60. The van der Waals surface area contributed by atoms with E-state index in [1.165, 1.54) is 0 Å². The van der Waals surface area contributed by atoms with Gasteiger partial charge in [0.25, 0.3) is 0 Å². The molecule has 4 rings (SSSR count). The lowest BCUT2D eigenvalue weighted by atomic mass is 9.84. The van der Waals surface area contributed by atoms with Crippen LogP contribution in [-0.4, -0.2) is 177 Å². The summed E-state index contributed by atoms with van der Waals surface area (Å²) in [7, 11) is 0. The molecule has 0 bridgehead atoms. The smallest absolute Gasteiger partial charge is 0.187 e. The van der Waals surface area contributed by atoms with Crippen molar-refractivity contribution in [2.75, 3.05) is 19.8 Å². The molecule has 0 spiro atoms. The first-order valence-electron chi connectivity index (χ1n) is 13.8. The van der Waals surface area contributed by atoms with Gasteiger partial charge in [0.15, 0.2) is 18.9 Å². The minimum Gasteiger partial charge on any atom is -0.394 e. The van der Waals surface area contributed by atoms with Crippen LogP contribution in [0.15, 0.2) is 0 Å². The Morgan fingerprint density at radius 1 is 0.524 bits per heavy atom. The molecule has 0 unspecified atom stereocenters. The number of hydrogen-bond donors (Lipinski definition) is 13. The molecule has 1 aliphatic carbocycles. The van der Waals surface area contributed by atoms with Crippen LogP contribution in [-0.2, 0) is 28.4 Å². The molecule has 0 aromatic rings. The molecule has 18 N–H and O–H groups in total. The van der Waals surface area contributed by atoms with Gasteiger partial charge in [0.2, 0.25) is 0 Å². The summed E-state index contributed by atoms with van der Waals surface area (Å²) in [6.07, 6.45) is -20.5. The average molecular weight is 616 g/mol. The van der Waals surface area contributed by atoms with Crippen LogP contribution in [0, 0.1) is 0 Å². The summed E-state index contributed by atoms with van der Waals surface area (Å²) in [5.74, 6) is 0. The fourth-order valence-electron chi connectivity index (χ4n) is 5.70. The molecule has 4 aliphatic rings. The van der Waals surface area contributed by atoms with Gasteiger partial charge in [-0.1, -0.05) is 0 Å². The number of ether oxygens (including phenoxy) is 6. The van der Waals surface area contributed by atoms with Gasteiger partial charge in [-0.2, -0.15) is 0 Å². The van der Waals surface area contributed by atoms with Crippen molar-refractivity contribution < 1.29 is 69.3 Å². The van der Waals surface area contributed by atoms with Gasteiger partial charge < -0.3 is 97.9 Å². The van der Waals surface area contributed by atoms with Crippen LogP contribution < -0.4 is 28.7 Å². The lowest BCUT2D eigenvalue weighted by molar-refractivity contribution is -0.310. The quantitative estimate of drug-likeness (QED) is 0.114. The van der Waals surface area contributed by atoms with Crippen molar-refractivity contribution in [2.45, 2.75) is 123 Å². The Morgan fingerprint density at radius 2 is 1.00 bits per heavy atom. The average Bonchev–Trinajstić information content (AvgIpc) is 3.27. The minimum atomic E-state index is -1.62. The molecule has 19 atom stereocenters. The van der Waals surface area contributed by atoms with Crippen molar-refractivity contribution in [3.63, 3.8) is 0 Å². The molecule has 3 aliphatic heterocycles. The van der Waals surface area contributed by atoms with E-state index in [1.807, 2.05) is 0 Å². The minimum absolute atomic E-state index is 0.0642. The third-order valence-corrected chi connectivity index (χ3v) is 8.32. The van der Waals surface area contributed by atoms with E-state index in [0.717, 1.165) is 0 Å². The first-order chi connectivity index (χ1) is 19.8. The topological polar surface area (TPSA) is 347 Å². The van der Waals surface area contributed by atoms with Crippen LogP contribution in [0.3, 0.4) is 0 Å². The largest absolute Gasteiger partial charge is 0.394 e. The molecule has 0 aromatic heterocycles. The highest BCUT2D eigenvalue weighted by Crippen LogP contribution is 2.34. The number of aliphatic hydroxyl groups is 8. The summed E-state index contributed by atoms with van der Waals surface area (Å²) in [5.41, 5.74) is 29.9. The van der Waals surface area contributed by atoms with Gasteiger partial charge in [-0.3, -0.25) is 0 Å². The van der Waals surface area contributed by atoms with Crippen molar-refractivity contribution in [2.24, 2.45) is 28.7 Å². The Morgan fingerprint density at radius 3 is 1.55 bits per heavy atom. The Balaban J connectivity index is 1.50. The molecule has 42 heavy (non-hydrogen) atoms. The van der Waals surface area contributed by atoms with Crippen molar-refractivity contribution >= 4 is 0 Å².